The topological polar surface area (TPSA) is 77.2 Å². The Morgan fingerprint density at radius 2 is 2.40 bits per heavy atom. The van der Waals surface area contributed by atoms with Crippen molar-refractivity contribution >= 4 is 11.7 Å². The molecule has 1 saturated carbocycles. The van der Waals surface area contributed by atoms with Gasteiger partial charge in [-0.05, 0) is 31.4 Å². The summed E-state index contributed by atoms with van der Waals surface area (Å²) < 4.78 is 5.44. The molecule has 1 aliphatic carbocycles. The maximum absolute atomic E-state index is 12.0. The number of nitrogens with zero attached hydrogens (tertiary/aromatic N) is 1. The van der Waals surface area contributed by atoms with Gasteiger partial charge in [0.1, 0.15) is 5.82 Å². The second-order valence-corrected chi connectivity index (χ2v) is 4.90. The quantitative estimate of drug-likeness (QED) is 0.810. The molecule has 0 aliphatic heterocycles. The summed E-state index contributed by atoms with van der Waals surface area (Å²) in [7, 11) is 1.66. The number of rotatable bonds is 4. The average Bonchev–Trinajstić information content (AvgIpc) is 2.41. The normalized spacial score (nSPS) is 15.7. The van der Waals surface area contributed by atoms with E-state index in [9.17, 15) is 4.79 Å². The van der Waals surface area contributed by atoms with E-state index in [0.29, 0.717) is 18.8 Å². The highest BCUT2D eigenvalue weighted by Gasteiger charge is 2.39. The molecule has 0 atom stereocenters. The number of anilines is 1. The van der Waals surface area contributed by atoms with Crippen molar-refractivity contribution in [1.29, 1.82) is 0 Å². The van der Waals surface area contributed by atoms with Gasteiger partial charge in [-0.3, -0.25) is 4.79 Å². The lowest BCUT2D eigenvalue weighted by molar-refractivity contribution is -0.129. The summed E-state index contributed by atoms with van der Waals surface area (Å²) in [5.41, 5.74) is 5.84. The van der Waals surface area contributed by atoms with Crippen LogP contribution in [0.5, 0.6) is 0 Å². The molecule has 106 valence electrons. The summed E-state index contributed by atoms with van der Waals surface area (Å²) >= 11 is 0. The highest BCUT2D eigenvalue weighted by Crippen LogP contribution is 2.38. The van der Waals surface area contributed by atoms with E-state index in [4.69, 9.17) is 10.5 Å². The highest BCUT2D eigenvalue weighted by molar-refractivity contribution is 5.90. The lowest BCUT2D eigenvalue weighted by Gasteiger charge is -2.39. The first kappa shape index (κ1) is 14.5. The number of carbonyl (C=O) groups excluding carboxylic acids is 1. The number of aromatic nitrogens is 1. The fourth-order valence-corrected chi connectivity index (χ4v) is 2.23. The van der Waals surface area contributed by atoms with E-state index < -0.39 is 0 Å². The lowest BCUT2D eigenvalue weighted by Crippen LogP contribution is -2.42. The van der Waals surface area contributed by atoms with Gasteiger partial charge in [0, 0.05) is 18.9 Å². The summed E-state index contributed by atoms with van der Waals surface area (Å²) in [6.45, 7) is 0.306. The molecule has 0 aromatic carbocycles. The second kappa shape index (κ2) is 6.51. The molecule has 1 aromatic rings. The second-order valence-electron chi connectivity index (χ2n) is 4.90. The summed E-state index contributed by atoms with van der Waals surface area (Å²) in [5.74, 6) is 6.10. The van der Waals surface area contributed by atoms with Crippen molar-refractivity contribution in [3.8, 4) is 11.8 Å². The molecule has 1 heterocycles. The number of nitrogens with one attached hydrogen (secondary N) is 1. The van der Waals surface area contributed by atoms with Crippen molar-refractivity contribution in [1.82, 2.24) is 4.98 Å². The highest BCUT2D eigenvalue weighted by atomic mass is 16.5. The van der Waals surface area contributed by atoms with Crippen molar-refractivity contribution in [2.75, 3.05) is 19.0 Å². The third kappa shape index (κ3) is 3.56. The Morgan fingerprint density at radius 3 is 3.00 bits per heavy atom. The lowest BCUT2D eigenvalue weighted by atomic mass is 9.77. The monoisotopic (exact) mass is 273 g/mol. The van der Waals surface area contributed by atoms with Crippen LogP contribution in [0.25, 0.3) is 0 Å². The van der Waals surface area contributed by atoms with Crippen molar-refractivity contribution in [3.05, 3.63) is 23.9 Å². The predicted molar refractivity (Wildman–Crippen MR) is 77.0 cm³/mol. The van der Waals surface area contributed by atoms with E-state index in [0.717, 1.165) is 24.8 Å². The van der Waals surface area contributed by atoms with Gasteiger partial charge in [0.2, 0.25) is 5.91 Å². The van der Waals surface area contributed by atoms with E-state index in [-0.39, 0.29) is 11.5 Å². The number of pyridine rings is 1. The Bertz CT molecular complexity index is 536. The first-order valence-corrected chi connectivity index (χ1v) is 6.67. The van der Waals surface area contributed by atoms with Crippen LogP contribution >= 0.6 is 0 Å². The van der Waals surface area contributed by atoms with Crippen LogP contribution in [0.3, 0.4) is 0 Å². The van der Waals surface area contributed by atoms with Crippen molar-refractivity contribution in [2.24, 2.45) is 5.73 Å². The number of hydrogen-bond acceptors (Lipinski definition) is 4. The van der Waals surface area contributed by atoms with E-state index in [1.165, 1.54) is 0 Å². The van der Waals surface area contributed by atoms with E-state index >= 15 is 0 Å². The maximum atomic E-state index is 12.0. The van der Waals surface area contributed by atoms with Gasteiger partial charge >= 0.3 is 0 Å². The molecule has 0 saturated heterocycles. The van der Waals surface area contributed by atoms with Crippen LogP contribution in [0.2, 0.25) is 0 Å². The number of nitrogens with two attached hydrogens (primary N) is 1. The van der Waals surface area contributed by atoms with Crippen LogP contribution in [-0.4, -0.2) is 30.1 Å². The van der Waals surface area contributed by atoms with Gasteiger partial charge in [0.15, 0.2) is 0 Å². The third-order valence-electron chi connectivity index (χ3n) is 3.54. The van der Waals surface area contributed by atoms with Gasteiger partial charge in [-0.1, -0.05) is 11.8 Å². The molecule has 1 amide bonds. The molecule has 3 N–H and O–H groups in total. The predicted octanol–water partition coefficient (Wildman–Crippen LogP) is 1.29. The number of methoxy groups -OCH3 is 1. The van der Waals surface area contributed by atoms with E-state index in [1.54, 1.807) is 25.4 Å². The summed E-state index contributed by atoms with van der Waals surface area (Å²) in [4.78, 5) is 16.1. The van der Waals surface area contributed by atoms with Crippen LogP contribution in [0.15, 0.2) is 18.3 Å². The summed E-state index contributed by atoms with van der Waals surface area (Å²) in [6, 6.07) is 3.52. The molecule has 0 spiro atoms. The van der Waals surface area contributed by atoms with Crippen molar-refractivity contribution in [2.45, 2.75) is 31.3 Å². The minimum Gasteiger partial charge on any atom is -0.378 e. The molecule has 0 radical (unpaired) electrons. The molecule has 1 fully saturated rings. The smallest absolute Gasteiger partial charge is 0.228 e. The van der Waals surface area contributed by atoms with Crippen molar-refractivity contribution < 1.29 is 9.53 Å². The summed E-state index contributed by atoms with van der Waals surface area (Å²) in [5, 5.41) is 2.79. The Balaban J connectivity index is 1.97. The number of carbonyl (C=O) groups is 1. The third-order valence-corrected chi connectivity index (χ3v) is 3.54. The Morgan fingerprint density at radius 1 is 1.60 bits per heavy atom. The minimum absolute atomic E-state index is 0.0806. The first-order valence-electron chi connectivity index (χ1n) is 6.67. The SMILES string of the molecule is COC1(CC(=O)Nc2cc(C#CCN)ccn2)CCC1. The van der Waals surface area contributed by atoms with Crippen molar-refractivity contribution in [3.63, 3.8) is 0 Å². The first-order chi connectivity index (χ1) is 9.67. The van der Waals surface area contributed by atoms with Gasteiger partial charge in [-0.25, -0.2) is 4.98 Å². The summed E-state index contributed by atoms with van der Waals surface area (Å²) in [6.07, 6.45) is 4.97. The fourth-order valence-electron chi connectivity index (χ4n) is 2.23. The number of ether oxygens (including phenoxy) is 1. The Hall–Kier alpha value is -1.90. The standard InChI is InChI=1S/C15H19N3O2/c1-20-15(6-3-7-15)11-14(19)18-13-10-12(4-2-8-16)5-9-17-13/h5,9-10H,3,6-8,11,16H2,1H3,(H,17,18,19). The molecule has 5 heteroatoms. The number of amides is 1. The molecule has 1 aromatic heterocycles. The van der Waals surface area contributed by atoms with Crippen LogP contribution in [0.1, 0.15) is 31.2 Å². The molecule has 2 rings (SSSR count). The van der Waals surface area contributed by atoms with Crippen LogP contribution < -0.4 is 11.1 Å². The maximum Gasteiger partial charge on any atom is 0.228 e. The molecule has 0 unspecified atom stereocenters. The van der Waals surface area contributed by atoms with Crippen LogP contribution in [-0.2, 0) is 9.53 Å². The Kier molecular flexibility index (Phi) is 4.72. The van der Waals surface area contributed by atoms with Gasteiger partial charge in [-0.15, -0.1) is 0 Å². The molecular formula is C15H19N3O2. The molecule has 0 bridgehead atoms. The molecule has 20 heavy (non-hydrogen) atoms. The van der Waals surface area contributed by atoms with E-state index in [2.05, 4.69) is 22.1 Å². The van der Waals surface area contributed by atoms with Gasteiger partial charge < -0.3 is 15.8 Å². The van der Waals surface area contributed by atoms with Gasteiger partial charge in [0.05, 0.1) is 18.6 Å². The van der Waals surface area contributed by atoms with Crippen LogP contribution in [0, 0.1) is 11.8 Å². The average molecular weight is 273 g/mol. The zero-order chi connectivity index (χ0) is 14.4. The number of hydrogen-bond donors (Lipinski definition) is 2. The zero-order valence-corrected chi connectivity index (χ0v) is 11.6. The van der Waals surface area contributed by atoms with Crippen LogP contribution in [0.4, 0.5) is 5.82 Å². The fraction of sp³-hybridized carbons (Fsp3) is 0.467. The van der Waals surface area contributed by atoms with E-state index in [1.807, 2.05) is 0 Å². The molecular weight excluding hydrogens is 254 g/mol. The molecule has 5 nitrogen and oxygen atoms in total. The molecule has 1 aliphatic rings. The Labute approximate surface area is 118 Å². The zero-order valence-electron chi connectivity index (χ0n) is 11.6. The van der Waals surface area contributed by atoms with Gasteiger partial charge in [0.25, 0.3) is 0 Å². The van der Waals surface area contributed by atoms with Gasteiger partial charge in [-0.2, -0.15) is 0 Å². The largest absolute Gasteiger partial charge is 0.378 e. The minimum atomic E-state index is -0.277.